The summed E-state index contributed by atoms with van der Waals surface area (Å²) < 4.78 is 5.68. The van der Waals surface area contributed by atoms with Crippen molar-refractivity contribution >= 4 is 10.8 Å². The van der Waals surface area contributed by atoms with Crippen molar-refractivity contribution in [3.05, 3.63) is 66.7 Å². The quantitative estimate of drug-likeness (QED) is 0.623. The predicted octanol–water partition coefficient (Wildman–Crippen LogP) is 5.29. The Morgan fingerprint density at radius 1 is 0.700 bits per heavy atom. The second-order valence-electron chi connectivity index (χ2n) is 5.25. The fourth-order valence-electron chi connectivity index (χ4n) is 2.37. The highest BCUT2D eigenvalue weighted by Gasteiger charge is 2.01. The normalized spacial score (nSPS) is 10.9. The Hall–Kier alpha value is -2.28. The average molecular weight is 262 g/mol. The number of rotatable bonds is 3. The lowest BCUT2D eigenvalue weighted by Crippen LogP contribution is -2.05. The zero-order valence-electron chi connectivity index (χ0n) is 11.8. The minimum Gasteiger partial charge on any atom is -0.491 e. The summed E-state index contributed by atoms with van der Waals surface area (Å²) in [6.07, 6.45) is 0.210. The average Bonchev–Trinajstić information content (AvgIpc) is 2.47. The molecule has 20 heavy (non-hydrogen) atoms. The molecule has 0 radical (unpaired) electrons. The van der Waals surface area contributed by atoms with Gasteiger partial charge in [0.05, 0.1) is 6.10 Å². The molecule has 0 saturated carbocycles. The van der Waals surface area contributed by atoms with Crippen LogP contribution in [-0.4, -0.2) is 6.10 Å². The molecular formula is C19H18O. The molecule has 3 aromatic rings. The molecule has 100 valence electrons. The molecule has 1 heteroatoms. The number of fused-ring (bicyclic) bond motifs is 1. The van der Waals surface area contributed by atoms with Crippen molar-refractivity contribution in [1.29, 1.82) is 0 Å². The number of hydrogen-bond acceptors (Lipinski definition) is 1. The van der Waals surface area contributed by atoms with E-state index in [1.165, 1.54) is 21.9 Å². The molecule has 0 aliphatic rings. The fraction of sp³-hybridized carbons (Fsp3) is 0.158. The molecule has 0 amide bonds. The first-order valence-electron chi connectivity index (χ1n) is 6.98. The van der Waals surface area contributed by atoms with Crippen LogP contribution < -0.4 is 4.74 Å². The summed E-state index contributed by atoms with van der Waals surface area (Å²) in [5, 5.41) is 2.54. The van der Waals surface area contributed by atoms with Crippen LogP contribution in [0.4, 0.5) is 0 Å². The van der Waals surface area contributed by atoms with Crippen LogP contribution in [-0.2, 0) is 0 Å². The third-order valence-corrected chi connectivity index (χ3v) is 3.31. The van der Waals surface area contributed by atoms with Gasteiger partial charge in [-0.2, -0.15) is 0 Å². The van der Waals surface area contributed by atoms with Crippen LogP contribution >= 0.6 is 0 Å². The third kappa shape index (κ3) is 2.67. The molecule has 0 heterocycles. The van der Waals surface area contributed by atoms with Crippen molar-refractivity contribution < 1.29 is 4.74 Å². The fourth-order valence-corrected chi connectivity index (χ4v) is 2.37. The second kappa shape index (κ2) is 5.38. The molecule has 0 bridgehead atoms. The van der Waals surface area contributed by atoms with Crippen molar-refractivity contribution in [2.75, 3.05) is 0 Å². The molecule has 0 fully saturated rings. The minimum absolute atomic E-state index is 0.210. The van der Waals surface area contributed by atoms with E-state index in [9.17, 15) is 0 Å². The van der Waals surface area contributed by atoms with E-state index in [-0.39, 0.29) is 6.10 Å². The maximum Gasteiger partial charge on any atom is 0.119 e. The Kier molecular flexibility index (Phi) is 3.42. The van der Waals surface area contributed by atoms with Crippen LogP contribution in [0.3, 0.4) is 0 Å². The zero-order chi connectivity index (χ0) is 13.9. The van der Waals surface area contributed by atoms with Gasteiger partial charge < -0.3 is 4.74 Å². The van der Waals surface area contributed by atoms with Crippen LogP contribution in [0, 0.1) is 0 Å². The summed E-state index contributed by atoms with van der Waals surface area (Å²) in [6, 6.07) is 23.3. The van der Waals surface area contributed by atoms with E-state index in [1.54, 1.807) is 0 Å². The van der Waals surface area contributed by atoms with E-state index in [4.69, 9.17) is 4.74 Å². The summed E-state index contributed by atoms with van der Waals surface area (Å²) in [4.78, 5) is 0. The highest BCUT2D eigenvalue weighted by molar-refractivity contribution is 5.87. The van der Waals surface area contributed by atoms with Crippen LogP contribution in [0.15, 0.2) is 66.7 Å². The van der Waals surface area contributed by atoms with Crippen LogP contribution in [0.2, 0.25) is 0 Å². The first-order valence-corrected chi connectivity index (χ1v) is 6.98. The van der Waals surface area contributed by atoms with Crippen molar-refractivity contribution in [3.8, 4) is 16.9 Å². The van der Waals surface area contributed by atoms with Gasteiger partial charge in [-0.25, -0.2) is 0 Å². The summed E-state index contributed by atoms with van der Waals surface area (Å²) in [6.45, 7) is 4.08. The molecule has 0 atom stereocenters. The zero-order valence-corrected chi connectivity index (χ0v) is 11.8. The summed E-state index contributed by atoms with van der Waals surface area (Å²) in [5.41, 5.74) is 2.45. The Balaban J connectivity index is 1.94. The molecule has 0 unspecified atom stereocenters. The number of benzene rings is 3. The molecule has 3 aromatic carbocycles. The first-order chi connectivity index (χ1) is 9.72. The monoisotopic (exact) mass is 262 g/mol. The molecule has 0 N–H and O–H groups in total. The smallest absolute Gasteiger partial charge is 0.119 e. The van der Waals surface area contributed by atoms with Crippen molar-refractivity contribution in [2.45, 2.75) is 20.0 Å². The van der Waals surface area contributed by atoms with Gasteiger partial charge in [0, 0.05) is 0 Å². The molecule has 0 aliphatic heterocycles. The van der Waals surface area contributed by atoms with E-state index >= 15 is 0 Å². The standard InChI is InChI=1S/C19H18O/c1-14(2)20-19-11-9-16(10-12-19)18-8-7-15-5-3-4-6-17(15)13-18/h3-14H,1-2H3. The van der Waals surface area contributed by atoms with Crippen molar-refractivity contribution in [2.24, 2.45) is 0 Å². The highest BCUT2D eigenvalue weighted by atomic mass is 16.5. The van der Waals surface area contributed by atoms with Gasteiger partial charge in [-0.1, -0.05) is 48.5 Å². The van der Waals surface area contributed by atoms with Crippen LogP contribution in [0.5, 0.6) is 5.75 Å². The second-order valence-corrected chi connectivity index (χ2v) is 5.25. The molecule has 0 saturated heterocycles. The van der Waals surface area contributed by atoms with Crippen LogP contribution in [0.1, 0.15) is 13.8 Å². The van der Waals surface area contributed by atoms with Crippen molar-refractivity contribution in [3.63, 3.8) is 0 Å². The van der Waals surface area contributed by atoms with Gasteiger partial charge >= 0.3 is 0 Å². The summed E-state index contributed by atoms with van der Waals surface area (Å²) in [5.74, 6) is 0.921. The predicted molar refractivity (Wildman–Crippen MR) is 85.1 cm³/mol. The third-order valence-electron chi connectivity index (χ3n) is 3.31. The molecule has 3 rings (SSSR count). The van der Waals surface area contributed by atoms with E-state index in [2.05, 4.69) is 54.6 Å². The van der Waals surface area contributed by atoms with Gasteiger partial charge in [0.25, 0.3) is 0 Å². The Morgan fingerprint density at radius 3 is 2.05 bits per heavy atom. The highest BCUT2D eigenvalue weighted by Crippen LogP contribution is 2.26. The SMILES string of the molecule is CC(C)Oc1ccc(-c2ccc3ccccc3c2)cc1. The van der Waals surface area contributed by atoms with E-state index in [0.29, 0.717) is 0 Å². The first kappa shape index (κ1) is 12.7. The van der Waals surface area contributed by atoms with E-state index in [0.717, 1.165) is 5.75 Å². The molecule has 0 aliphatic carbocycles. The topological polar surface area (TPSA) is 9.23 Å². The van der Waals surface area contributed by atoms with Crippen LogP contribution in [0.25, 0.3) is 21.9 Å². The molecule has 0 spiro atoms. The lowest BCUT2D eigenvalue weighted by molar-refractivity contribution is 0.242. The Bertz CT molecular complexity index is 711. The Morgan fingerprint density at radius 2 is 1.35 bits per heavy atom. The number of ether oxygens (including phenoxy) is 1. The van der Waals surface area contributed by atoms with Gasteiger partial charge in [-0.05, 0) is 53.9 Å². The lowest BCUT2D eigenvalue weighted by Gasteiger charge is -2.10. The van der Waals surface area contributed by atoms with Gasteiger partial charge in [-0.3, -0.25) is 0 Å². The van der Waals surface area contributed by atoms with Gasteiger partial charge in [0.15, 0.2) is 0 Å². The van der Waals surface area contributed by atoms with Gasteiger partial charge in [0.2, 0.25) is 0 Å². The Labute approximate surface area is 119 Å². The lowest BCUT2D eigenvalue weighted by atomic mass is 10.0. The van der Waals surface area contributed by atoms with E-state index < -0.39 is 0 Å². The molecule has 0 aromatic heterocycles. The van der Waals surface area contributed by atoms with Crippen molar-refractivity contribution in [1.82, 2.24) is 0 Å². The maximum atomic E-state index is 5.68. The largest absolute Gasteiger partial charge is 0.491 e. The van der Waals surface area contributed by atoms with E-state index in [1.807, 2.05) is 26.0 Å². The van der Waals surface area contributed by atoms with Gasteiger partial charge in [0.1, 0.15) is 5.75 Å². The summed E-state index contributed by atoms with van der Waals surface area (Å²) >= 11 is 0. The molecular weight excluding hydrogens is 244 g/mol. The van der Waals surface area contributed by atoms with Gasteiger partial charge in [-0.15, -0.1) is 0 Å². The molecule has 1 nitrogen and oxygen atoms in total. The summed E-state index contributed by atoms with van der Waals surface area (Å²) in [7, 11) is 0. The number of hydrogen-bond donors (Lipinski definition) is 0. The minimum atomic E-state index is 0.210. The maximum absolute atomic E-state index is 5.68.